The van der Waals surface area contributed by atoms with Crippen LogP contribution in [0.5, 0.6) is 17.2 Å². The van der Waals surface area contributed by atoms with E-state index in [0.717, 1.165) is 0 Å². The molecule has 11 nitrogen and oxygen atoms in total. The molecule has 0 bridgehead atoms. The standard InChI is InChI=1S/C24H23N5O6/c1-9-14(10-6-8-13(33-2)22(34-3)19(10)30)15(25)18(29-24(9)27)12-7-5-11-17(28-12)21(32)16(26)23(35-4)20(11)31/h5-8,30H,25-26H2,1-4H3,(H2,27,29). The number of allylic oxidation sites excluding steroid dienone is 2. The summed E-state index contributed by atoms with van der Waals surface area (Å²) in [5, 5.41) is 10.9. The number of phenols is 1. The van der Waals surface area contributed by atoms with E-state index in [0.29, 0.717) is 22.4 Å². The van der Waals surface area contributed by atoms with Crippen molar-refractivity contribution in [2.45, 2.75) is 6.92 Å². The number of ketones is 2. The Kier molecular flexibility index (Phi) is 5.69. The van der Waals surface area contributed by atoms with Crippen molar-refractivity contribution in [3.8, 4) is 39.8 Å². The van der Waals surface area contributed by atoms with E-state index in [1.807, 2.05) is 0 Å². The molecule has 0 fully saturated rings. The third-order valence-corrected chi connectivity index (χ3v) is 5.80. The minimum absolute atomic E-state index is 0.0428. The number of rotatable bonds is 5. The molecule has 0 saturated carbocycles. The summed E-state index contributed by atoms with van der Waals surface area (Å²) in [6.45, 7) is 1.70. The molecule has 2 aromatic heterocycles. The van der Waals surface area contributed by atoms with E-state index in [-0.39, 0.29) is 57.1 Å². The number of pyridine rings is 2. The Hall–Kier alpha value is -4.80. The number of carbonyl (C=O) groups is 2. The zero-order chi connectivity index (χ0) is 25.6. The molecule has 1 aliphatic rings. The van der Waals surface area contributed by atoms with Gasteiger partial charge in [0.05, 0.1) is 38.3 Å². The van der Waals surface area contributed by atoms with E-state index in [9.17, 15) is 14.7 Å². The molecule has 4 rings (SSSR count). The number of methoxy groups -OCH3 is 3. The fraction of sp³-hybridized carbons (Fsp3) is 0.167. The van der Waals surface area contributed by atoms with Gasteiger partial charge in [-0.1, -0.05) is 0 Å². The van der Waals surface area contributed by atoms with Crippen molar-refractivity contribution in [1.82, 2.24) is 9.97 Å². The number of nitrogens with two attached hydrogens (primary N) is 3. The lowest BCUT2D eigenvalue weighted by molar-refractivity contribution is 0.0902. The fourth-order valence-corrected chi connectivity index (χ4v) is 3.99. The van der Waals surface area contributed by atoms with Crippen molar-refractivity contribution in [2.24, 2.45) is 5.73 Å². The molecular weight excluding hydrogens is 454 g/mol. The van der Waals surface area contributed by atoms with Crippen LogP contribution in [0, 0.1) is 6.92 Å². The highest BCUT2D eigenvalue weighted by molar-refractivity contribution is 6.25. The quantitative estimate of drug-likeness (QED) is 0.422. The molecule has 35 heavy (non-hydrogen) atoms. The predicted molar refractivity (Wildman–Crippen MR) is 128 cm³/mol. The Morgan fingerprint density at radius 1 is 0.829 bits per heavy atom. The van der Waals surface area contributed by atoms with Gasteiger partial charge in [0.25, 0.3) is 0 Å². The summed E-state index contributed by atoms with van der Waals surface area (Å²) in [6, 6.07) is 6.14. The zero-order valence-corrected chi connectivity index (χ0v) is 19.4. The summed E-state index contributed by atoms with van der Waals surface area (Å²) in [5.41, 5.74) is 19.8. The number of aromatic hydroxyl groups is 1. The number of anilines is 2. The first kappa shape index (κ1) is 23.4. The number of hydrogen-bond acceptors (Lipinski definition) is 11. The monoisotopic (exact) mass is 477 g/mol. The minimum atomic E-state index is -0.658. The van der Waals surface area contributed by atoms with E-state index in [4.69, 9.17) is 31.4 Å². The predicted octanol–water partition coefficient (Wildman–Crippen LogP) is 2.20. The second-order valence-electron chi connectivity index (χ2n) is 7.65. The number of benzene rings is 1. The molecule has 2 heterocycles. The topological polar surface area (TPSA) is 186 Å². The van der Waals surface area contributed by atoms with E-state index in [2.05, 4.69) is 9.97 Å². The van der Waals surface area contributed by atoms with Crippen molar-refractivity contribution in [1.29, 1.82) is 0 Å². The molecule has 0 saturated heterocycles. The lowest BCUT2D eigenvalue weighted by Crippen LogP contribution is -2.28. The van der Waals surface area contributed by atoms with Crippen LogP contribution in [0.25, 0.3) is 22.5 Å². The van der Waals surface area contributed by atoms with E-state index in [1.165, 1.54) is 33.5 Å². The third-order valence-electron chi connectivity index (χ3n) is 5.80. The van der Waals surface area contributed by atoms with Crippen LogP contribution in [0.1, 0.15) is 26.4 Å². The third kappa shape index (κ3) is 3.44. The number of nitrogens with zero attached hydrogens (tertiary/aromatic N) is 2. The number of Topliss-reactive ketones (excluding diaryl/α,β-unsaturated/α-hetero) is 2. The van der Waals surface area contributed by atoms with Crippen LogP contribution in [0.15, 0.2) is 35.7 Å². The molecule has 0 radical (unpaired) electrons. The normalized spacial score (nSPS) is 13.0. The Bertz CT molecular complexity index is 1450. The van der Waals surface area contributed by atoms with Crippen molar-refractivity contribution >= 4 is 23.1 Å². The first-order valence-corrected chi connectivity index (χ1v) is 10.3. The van der Waals surface area contributed by atoms with Crippen molar-refractivity contribution in [3.63, 3.8) is 0 Å². The maximum Gasteiger partial charge on any atom is 0.232 e. The zero-order valence-electron chi connectivity index (χ0n) is 19.4. The molecule has 180 valence electrons. The number of ether oxygens (including phenoxy) is 3. The molecule has 0 atom stereocenters. The highest BCUT2D eigenvalue weighted by Crippen LogP contribution is 2.48. The number of carbonyl (C=O) groups excluding carboxylic acids is 2. The van der Waals surface area contributed by atoms with Gasteiger partial charge in [-0.3, -0.25) is 9.59 Å². The van der Waals surface area contributed by atoms with Gasteiger partial charge in [0, 0.05) is 16.7 Å². The summed E-state index contributed by atoms with van der Waals surface area (Å²) in [7, 11) is 4.10. The lowest BCUT2D eigenvalue weighted by Gasteiger charge is -2.20. The van der Waals surface area contributed by atoms with Crippen molar-refractivity contribution < 1.29 is 28.9 Å². The summed E-state index contributed by atoms with van der Waals surface area (Å²) in [4.78, 5) is 34.1. The number of aromatic nitrogens is 2. The highest BCUT2D eigenvalue weighted by atomic mass is 16.5. The Balaban J connectivity index is 1.94. The minimum Gasteiger partial charge on any atom is -0.504 e. The van der Waals surface area contributed by atoms with Crippen LogP contribution < -0.4 is 26.7 Å². The summed E-state index contributed by atoms with van der Waals surface area (Å²) in [6.07, 6.45) is 0. The van der Waals surface area contributed by atoms with E-state index >= 15 is 0 Å². The first-order valence-electron chi connectivity index (χ1n) is 10.3. The van der Waals surface area contributed by atoms with Gasteiger partial charge in [0.1, 0.15) is 22.9 Å². The van der Waals surface area contributed by atoms with Crippen LogP contribution >= 0.6 is 0 Å². The maximum absolute atomic E-state index is 12.8. The first-order chi connectivity index (χ1) is 16.7. The van der Waals surface area contributed by atoms with Gasteiger partial charge in [0.15, 0.2) is 17.3 Å². The van der Waals surface area contributed by atoms with Gasteiger partial charge >= 0.3 is 0 Å². The average Bonchev–Trinajstić information content (AvgIpc) is 2.85. The number of nitrogen functional groups attached to an aromatic ring is 2. The largest absolute Gasteiger partial charge is 0.504 e. The van der Waals surface area contributed by atoms with Crippen molar-refractivity contribution in [3.05, 3.63) is 52.5 Å². The molecule has 1 aromatic carbocycles. The van der Waals surface area contributed by atoms with Crippen LogP contribution in [-0.2, 0) is 4.74 Å². The second kappa shape index (κ2) is 8.52. The second-order valence-corrected chi connectivity index (χ2v) is 7.65. The Labute approximate surface area is 200 Å². The lowest BCUT2D eigenvalue weighted by atomic mass is 9.93. The molecule has 0 amide bonds. The average molecular weight is 477 g/mol. The van der Waals surface area contributed by atoms with Gasteiger partial charge in [0.2, 0.25) is 17.3 Å². The van der Waals surface area contributed by atoms with E-state index in [1.54, 1.807) is 19.1 Å². The molecule has 1 aliphatic carbocycles. The molecule has 0 unspecified atom stereocenters. The Morgan fingerprint density at radius 2 is 1.51 bits per heavy atom. The number of fused-ring (bicyclic) bond motifs is 1. The highest BCUT2D eigenvalue weighted by Gasteiger charge is 2.34. The molecule has 7 N–H and O–H groups in total. The van der Waals surface area contributed by atoms with Crippen LogP contribution in [0.4, 0.5) is 11.5 Å². The maximum atomic E-state index is 12.8. The molecule has 0 spiro atoms. The summed E-state index contributed by atoms with van der Waals surface area (Å²) in [5.74, 6) is -1.08. The van der Waals surface area contributed by atoms with Crippen LogP contribution in [-0.4, -0.2) is 48.0 Å². The van der Waals surface area contributed by atoms with Gasteiger partial charge in [-0.05, 0) is 31.2 Å². The van der Waals surface area contributed by atoms with Gasteiger partial charge in [-0.2, -0.15) is 0 Å². The molecule has 0 aliphatic heterocycles. The summed E-state index contributed by atoms with van der Waals surface area (Å²) >= 11 is 0. The number of hydrogen-bond donors (Lipinski definition) is 4. The molecule has 11 heteroatoms. The smallest absolute Gasteiger partial charge is 0.232 e. The molecular formula is C24H23N5O6. The van der Waals surface area contributed by atoms with Gasteiger partial charge < -0.3 is 36.5 Å². The summed E-state index contributed by atoms with van der Waals surface area (Å²) < 4.78 is 15.5. The molecule has 3 aromatic rings. The van der Waals surface area contributed by atoms with Crippen molar-refractivity contribution in [2.75, 3.05) is 32.8 Å². The van der Waals surface area contributed by atoms with Gasteiger partial charge in [-0.25, -0.2) is 9.97 Å². The van der Waals surface area contributed by atoms with Crippen LogP contribution in [0.3, 0.4) is 0 Å². The van der Waals surface area contributed by atoms with Crippen LogP contribution in [0.2, 0.25) is 0 Å². The van der Waals surface area contributed by atoms with E-state index < -0.39 is 11.6 Å². The Morgan fingerprint density at radius 3 is 2.14 bits per heavy atom. The SMILES string of the molecule is COC1=C(N)C(=O)c2nc(-c3nc(N)c(C)c(-c4ccc(OC)c(OC)c4O)c3N)ccc2C1=O. The number of phenolic OH excluding ortho intramolecular Hbond substituents is 1. The fourth-order valence-electron chi connectivity index (χ4n) is 3.99. The van der Waals surface area contributed by atoms with Gasteiger partial charge in [-0.15, -0.1) is 0 Å².